The number of hydrogen-bond donors (Lipinski definition) is 0. The predicted octanol–water partition coefficient (Wildman–Crippen LogP) is 4.67. The van der Waals surface area contributed by atoms with Gasteiger partial charge in [-0.2, -0.15) is 0 Å². The van der Waals surface area contributed by atoms with E-state index in [2.05, 4.69) is 20.3 Å². The maximum atomic E-state index is 12.6. The molecule has 0 N–H and O–H groups in total. The normalized spacial score (nSPS) is 10.9. The van der Waals surface area contributed by atoms with Gasteiger partial charge in [-0.1, -0.05) is 29.8 Å². The van der Waals surface area contributed by atoms with Gasteiger partial charge in [0.2, 0.25) is 0 Å². The summed E-state index contributed by atoms with van der Waals surface area (Å²) >= 11 is 7.32. The molecule has 0 aliphatic heterocycles. The van der Waals surface area contributed by atoms with Gasteiger partial charge in [-0.15, -0.1) is 16.4 Å². The van der Waals surface area contributed by atoms with Crippen LogP contribution in [0.2, 0.25) is 5.02 Å². The molecule has 4 rings (SSSR count). The number of benzene rings is 1. The molecule has 0 fully saturated rings. The number of aromatic nitrogens is 5. The number of nitrogens with zero attached hydrogens (tertiary/aromatic N) is 5. The summed E-state index contributed by atoms with van der Waals surface area (Å²) in [6.45, 7) is 3.86. The van der Waals surface area contributed by atoms with Crippen molar-refractivity contribution in [3.05, 3.63) is 75.8 Å². The van der Waals surface area contributed by atoms with Crippen LogP contribution in [-0.2, 0) is 17.8 Å². The van der Waals surface area contributed by atoms with Crippen LogP contribution in [0, 0.1) is 6.92 Å². The van der Waals surface area contributed by atoms with Crippen LogP contribution in [0.25, 0.3) is 16.3 Å². The minimum Gasteiger partial charge on any atom is -0.455 e. The lowest BCUT2D eigenvalue weighted by molar-refractivity contribution is 0.0472. The van der Waals surface area contributed by atoms with Crippen molar-refractivity contribution in [3.63, 3.8) is 0 Å². The zero-order valence-corrected chi connectivity index (χ0v) is 17.9. The Morgan fingerprint density at radius 1 is 1.23 bits per heavy atom. The quantitative estimate of drug-likeness (QED) is 0.406. The van der Waals surface area contributed by atoms with Crippen molar-refractivity contribution >= 4 is 28.9 Å². The van der Waals surface area contributed by atoms with Crippen LogP contribution in [0.1, 0.15) is 33.7 Å². The number of carbonyl (C=O) groups is 1. The Bertz CT molecular complexity index is 1200. The Morgan fingerprint density at radius 3 is 2.90 bits per heavy atom. The number of aryl methyl sites for hydroxylation is 2. The Balaban J connectivity index is 1.45. The molecule has 0 aliphatic rings. The monoisotopic (exact) mass is 439 g/mol. The fourth-order valence-corrected chi connectivity index (χ4v) is 3.97. The molecular weight excluding hydrogens is 422 g/mol. The smallest absolute Gasteiger partial charge is 0.350 e. The molecule has 0 atom stereocenters. The van der Waals surface area contributed by atoms with E-state index in [1.54, 1.807) is 36.1 Å². The molecule has 0 spiro atoms. The van der Waals surface area contributed by atoms with Crippen molar-refractivity contribution in [2.75, 3.05) is 0 Å². The zero-order chi connectivity index (χ0) is 21.1. The Morgan fingerprint density at radius 2 is 2.10 bits per heavy atom. The van der Waals surface area contributed by atoms with E-state index in [0.717, 1.165) is 28.4 Å². The van der Waals surface area contributed by atoms with Gasteiger partial charge in [0, 0.05) is 22.5 Å². The number of thiazole rings is 1. The van der Waals surface area contributed by atoms with Crippen LogP contribution in [0.5, 0.6) is 0 Å². The van der Waals surface area contributed by atoms with Crippen molar-refractivity contribution < 1.29 is 9.53 Å². The van der Waals surface area contributed by atoms with E-state index < -0.39 is 5.97 Å². The fourth-order valence-electron chi connectivity index (χ4n) is 2.83. The van der Waals surface area contributed by atoms with E-state index in [1.807, 2.05) is 31.2 Å². The molecular formula is C21H18ClN5O2S. The molecule has 0 saturated carbocycles. The third-order valence-electron chi connectivity index (χ3n) is 4.37. The summed E-state index contributed by atoms with van der Waals surface area (Å²) in [5, 5.41) is 9.48. The molecule has 30 heavy (non-hydrogen) atoms. The summed E-state index contributed by atoms with van der Waals surface area (Å²) in [6, 6.07) is 11.1. The van der Waals surface area contributed by atoms with E-state index in [4.69, 9.17) is 16.3 Å². The number of esters is 1. The lowest BCUT2D eigenvalue weighted by atomic mass is 10.2. The van der Waals surface area contributed by atoms with Crippen molar-refractivity contribution in [2.45, 2.75) is 26.9 Å². The molecule has 9 heteroatoms. The number of halogens is 1. The minimum atomic E-state index is -0.432. The first-order valence-corrected chi connectivity index (χ1v) is 10.5. The summed E-state index contributed by atoms with van der Waals surface area (Å²) in [4.78, 5) is 21.9. The highest BCUT2D eigenvalue weighted by Crippen LogP contribution is 2.29. The van der Waals surface area contributed by atoms with Crippen LogP contribution < -0.4 is 0 Å². The summed E-state index contributed by atoms with van der Waals surface area (Å²) in [7, 11) is 0. The molecule has 0 bridgehead atoms. The third-order valence-corrected chi connectivity index (χ3v) is 5.79. The van der Waals surface area contributed by atoms with Gasteiger partial charge in [0.25, 0.3) is 0 Å². The van der Waals surface area contributed by atoms with Crippen molar-refractivity contribution in [3.8, 4) is 16.3 Å². The maximum absolute atomic E-state index is 12.6. The zero-order valence-electron chi connectivity index (χ0n) is 16.4. The standard InChI is InChI=1S/C21H18ClN5O2S/c1-3-16-9-14(7-8-23-16)20-24-13(2)19(30-20)21(28)29-12-17-11-27(26-25-17)18-6-4-5-15(22)10-18/h4-11H,3,12H2,1-2H3. The van der Waals surface area contributed by atoms with Gasteiger partial charge >= 0.3 is 5.97 Å². The number of carbonyl (C=O) groups excluding carboxylic acids is 1. The first-order valence-electron chi connectivity index (χ1n) is 9.30. The largest absolute Gasteiger partial charge is 0.455 e. The summed E-state index contributed by atoms with van der Waals surface area (Å²) in [5.74, 6) is -0.432. The van der Waals surface area contributed by atoms with E-state index in [0.29, 0.717) is 21.3 Å². The number of hydrogen-bond acceptors (Lipinski definition) is 7. The fraction of sp³-hybridized carbons (Fsp3) is 0.190. The topological polar surface area (TPSA) is 82.8 Å². The first kappa shape index (κ1) is 20.2. The summed E-state index contributed by atoms with van der Waals surface area (Å²) in [6.07, 6.45) is 4.29. The Kier molecular flexibility index (Phi) is 5.87. The van der Waals surface area contributed by atoms with E-state index in [-0.39, 0.29) is 6.61 Å². The van der Waals surface area contributed by atoms with Gasteiger partial charge in [0.1, 0.15) is 22.2 Å². The molecule has 0 aliphatic carbocycles. The summed E-state index contributed by atoms with van der Waals surface area (Å²) in [5.41, 5.74) is 3.87. The first-order chi connectivity index (χ1) is 14.5. The van der Waals surface area contributed by atoms with Gasteiger partial charge in [-0.25, -0.2) is 14.5 Å². The van der Waals surface area contributed by atoms with Gasteiger partial charge in [-0.05, 0) is 43.7 Å². The van der Waals surface area contributed by atoms with Crippen LogP contribution in [0.15, 0.2) is 48.8 Å². The van der Waals surface area contributed by atoms with Crippen molar-refractivity contribution in [2.24, 2.45) is 0 Å². The lowest BCUT2D eigenvalue weighted by Crippen LogP contribution is -2.05. The van der Waals surface area contributed by atoms with Crippen LogP contribution in [0.4, 0.5) is 0 Å². The second-order valence-corrected chi connectivity index (χ2v) is 7.97. The number of ether oxygens (including phenoxy) is 1. The van der Waals surface area contributed by atoms with Gasteiger partial charge in [0.15, 0.2) is 0 Å². The Labute approximate surface area is 182 Å². The average Bonchev–Trinajstić information content (AvgIpc) is 3.39. The van der Waals surface area contributed by atoms with Crippen LogP contribution in [0.3, 0.4) is 0 Å². The predicted molar refractivity (Wildman–Crippen MR) is 115 cm³/mol. The molecule has 7 nitrogen and oxygen atoms in total. The van der Waals surface area contributed by atoms with Crippen LogP contribution >= 0.6 is 22.9 Å². The highest BCUT2D eigenvalue weighted by Gasteiger charge is 2.18. The molecule has 0 saturated heterocycles. The molecule has 0 unspecified atom stereocenters. The molecule has 0 radical (unpaired) electrons. The van der Waals surface area contributed by atoms with Gasteiger partial charge < -0.3 is 4.74 Å². The molecule has 1 aromatic carbocycles. The molecule has 3 aromatic heterocycles. The summed E-state index contributed by atoms with van der Waals surface area (Å²) < 4.78 is 7.02. The highest BCUT2D eigenvalue weighted by molar-refractivity contribution is 7.17. The van der Waals surface area contributed by atoms with Crippen molar-refractivity contribution in [1.29, 1.82) is 0 Å². The lowest BCUT2D eigenvalue weighted by Gasteiger charge is -2.01. The maximum Gasteiger partial charge on any atom is 0.350 e. The molecule has 152 valence electrons. The molecule has 3 heterocycles. The average molecular weight is 440 g/mol. The number of pyridine rings is 1. The van der Waals surface area contributed by atoms with E-state index >= 15 is 0 Å². The van der Waals surface area contributed by atoms with Crippen molar-refractivity contribution in [1.82, 2.24) is 25.0 Å². The molecule has 4 aromatic rings. The number of rotatable bonds is 6. The van der Waals surface area contributed by atoms with Gasteiger partial charge in [0.05, 0.1) is 17.6 Å². The van der Waals surface area contributed by atoms with Crippen LogP contribution in [-0.4, -0.2) is 30.9 Å². The van der Waals surface area contributed by atoms with E-state index in [1.165, 1.54) is 11.3 Å². The molecule has 0 amide bonds. The van der Waals surface area contributed by atoms with E-state index in [9.17, 15) is 4.79 Å². The second-order valence-electron chi connectivity index (χ2n) is 6.53. The highest BCUT2D eigenvalue weighted by atomic mass is 35.5. The second kappa shape index (κ2) is 8.73. The Hall–Kier alpha value is -3.10. The minimum absolute atomic E-state index is 0.0152. The third kappa shape index (κ3) is 4.39. The SMILES string of the molecule is CCc1cc(-c2nc(C)c(C(=O)OCc3cn(-c4cccc(Cl)c4)nn3)s2)ccn1. The van der Waals surface area contributed by atoms with Gasteiger partial charge in [-0.3, -0.25) is 4.98 Å².